The van der Waals surface area contributed by atoms with Crippen LogP contribution in [0.25, 0.3) is 0 Å². The Kier molecular flexibility index (Phi) is 3.33. The van der Waals surface area contributed by atoms with Gasteiger partial charge in [-0.2, -0.15) is 0 Å². The van der Waals surface area contributed by atoms with E-state index in [2.05, 4.69) is 31.1 Å². The molecular weight excluding hydrogens is 220 g/mol. The maximum atomic E-state index is 5.63. The highest BCUT2D eigenvalue weighted by Crippen LogP contribution is 2.44. The lowest BCUT2D eigenvalue weighted by Crippen LogP contribution is -2.54. The summed E-state index contributed by atoms with van der Waals surface area (Å²) in [5.41, 5.74) is 1.23. The van der Waals surface area contributed by atoms with Gasteiger partial charge in [0.15, 0.2) is 0 Å². The topological polar surface area (TPSA) is 34.1 Å². The van der Waals surface area contributed by atoms with Crippen molar-refractivity contribution in [3.8, 4) is 0 Å². The van der Waals surface area contributed by atoms with Gasteiger partial charge in [0, 0.05) is 11.5 Å². The van der Waals surface area contributed by atoms with Crippen molar-refractivity contribution in [3.05, 3.63) is 15.6 Å². The molecule has 0 saturated heterocycles. The molecule has 1 fully saturated rings. The van der Waals surface area contributed by atoms with Crippen molar-refractivity contribution in [2.24, 2.45) is 0 Å². The Morgan fingerprint density at radius 1 is 1.50 bits per heavy atom. The second-order valence-electron chi connectivity index (χ2n) is 4.48. The highest BCUT2D eigenvalue weighted by Gasteiger charge is 2.47. The third-order valence-electron chi connectivity index (χ3n) is 3.47. The normalized spacial score (nSPS) is 29.1. The molecular formula is C12H20N2OS. The number of rotatable bonds is 4. The van der Waals surface area contributed by atoms with E-state index in [4.69, 9.17) is 4.74 Å². The summed E-state index contributed by atoms with van der Waals surface area (Å²) in [5.74, 6) is 0. The molecule has 1 aromatic rings. The summed E-state index contributed by atoms with van der Waals surface area (Å²) in [5, 5.41) is 4.65. The van der Waals surface area contributed by atoms with Crippen LogP contribution in [0.5, 0.6) is 0 Å². The molecule has 0 spiro atoms. The Labute approximate surface area is 101 Å². The molecule has 1 aliphatic rings. The second-order valence-corrected chi connectivity index (χ2v) is 5.68. The van der Waals surface area contributed by atoms with Gasteiger partial charge in [-0.1, -0.05) is 0 Å². The van der Waals surface area contributed by atoms with Crippen LogP contribution in [0.4, 0.5) is 0 Å². The van der Waals surface area contributed by atoms with Crippen molar-refractivity contribution in [2.75, 3.05) is 13.7 Å². The molecule has 90 valence electrons. The number of hydrogen-bond acceptors (Lipinski definition) is 4. The first-order chi connectivity index (χ1) is 7.61. The van der Waals surface area contributed by atoms with Crippen LogP contribution >= 0.6 is 11.3 Å². The molecule has 0 aliphatic heterocycles. The first kappa shape index (κ1) is 12.0. The van der Waals surface area contributed by atoms with Gasteiger partial charge in [-0.25, -0.2) is 4.98 Å². The number of nitrogens with zero attached hydrogens (tertiary/aromatic N) is 1. The summed E-state index contributed by atoms with van der Waals surface area (Å²) in [6.07, 6.45) is 2.50. The summed E-state index contributed by atoms with van der Waals surface area (Å²) < 4.78 is 5.63. The first-order valence-corrected chi connectivity index (χ1v) is 6.68. The standard InChI is InChI=1S/C12H20N2OS/c1-5-15-10-6-12(7-10,13-4)11-14-8(2)9(3)16-11/h10,13H,5-7H2,1-4H3. The third kappa shape index (κ3) is 1.90. The molecule has 0 unspecified atom stereocenters. The Bertz CT molecular complexity index is 350. The van der Waals surface area contributed by atoms with Crippen molar-refractivity contribution in [1.82, 2.24) is 10.3 Å². The quantitative estimate of drug-likeness (QED) is 0.877. The van der Waals surface area contributed by atoms with Gasteiger partial charge >= 0.3 is 0 Å². The van der Waals surface area contributed by atoms with Crippen LogP contribution in [-0.4, -0.2) is 24.7 Å². The van der Waals surface area contributed by atoms with E-state index in [0.29, 0.717) is 6.10 Å². The molecule has 1 heterocycles. The minimum absolute atomic E-state index is 0.0729. The molecule has 0 amide bonds. The maximum absolute atomic E-state index is 5.63. The van der Waals surface area contributed by atoms with Gasteiger partial charge in [0.25, 0.3) is 0 Å². The molecule has 1 aromatic heterocycles. The van der Waals surface area contributed by atoms with Gasteiger partial charge in [0.1, 0.15) is 5.01 Å². The fourth-order valence-electron chi connectivity index (χ4n) is 2.23. The third-order valence-corrected chi connectivity index (χ3v) is 4.75. The van der Waals surface area contributed by atoms with Crippen molar-refractivity contribution in [1.29, 1.82) is 0 Å². The number of hydrogen-bond donors (Lipinski definition) is 1. The zero-order valence-corrected chi connectivity index (χ0v) is 11.3. The highest BCUT2D eigenvalue weighted by atomic mass is 32.1. The molecule has 1 aliphatic carbocycles. The lowest BCUT2D eigenvalue weighted by molar-refractivity contribution is -0.0510. The molecule has 16 heavy (non-hydrogen) atoms. The molecule has 4 heteroatoms. The summed E-state index contributed by atoms with van der Waals surface area (Å²) in [4.78, 5) is 5.99. The fraction of sp³-hybridized carbons (Fsp3) is 0.750. The predicted molar refractivity (Wildman–Crippen MR) is 67.0 cm³/mol. The van der Waals surface area contributed by atoms with Crippen molar-refractivity contribution < 1.29 is 4.74 Å². The van der Waals surface area contributed by atoms with Crippen LogP contribution in [0.3, 0.4) is 0 Å². The summed E-state index contributed by atoms with van der Waals surface area (Å²) >= 11 is 1.81. The van der Waals surface area contributed by atoms with Crippen molar-refractivity contribution >= 4 is 11.3 Å². The van der Waals surface area contributed by atoms with E-state index in [-0.39, 0.29) is 5.54 Å². The van der Waals surface area contributed by atoms with Gasteiger partial charge in [-0.05, 0) is 40.7 Å². The Balaban J connectivity index is 2.12. The van der Waals surface area contributed by atoms with Crippen LogP contribution in [0, 0.1) is 13.8 Å². The maximum Gasteiger partial charge on any atom is 0.113 e. The van der Waals surface area contributed by atoms with Crippen LogP contribution in [0.1, 0.15) is 35.3 Å². The van der Waals surface area contributed by atoms with Gasteiger partial charge in [-0.15, -0.1) is 11.3 Å². The molecule has 2 rings (SSSR count). The molecule has 1 N–H and O–H groups in total. The molecule has 1 saturated carbocycles. The highest BCUT2D eigenvalue weighted by molar-refractivity contribution is 7.11. The summed E-state index contributed by atoms with van der Waals surface area (Å²) in [7, 11) is 2.02. The van der Waals surface area contributed by atoms with Crippen LogP contribution in [0.2, 0.25) is 0 Å². The number of thiazole rings is 1. The average Bonchev–Trinajstić information content (AvgIpc) is 2.53. The SMILES string of the molecule is CCOC1CC(NC)(c2nc(C)c(C)s2)C1. The van der Waals surface area contributed by atoms with E-state index in [0.717, 1.165) is 25.1 Å². The Morgan fingerprint density at radius 2 is 2.19 bits per heavy atom. The number of aromatic nitrogens is 1. The monoisotopic (exact) mass is 240 g/mol. The van der Waals surface area contributed by atoms with Gasteiger partial charge in [0.05, 0.1) is 17.3 Å². The fourth-order valence-corrected chi connectivity index (χ4v) is 3.36. The number of nitrogens with one attached hydrogen (secondary N) is 1. The van der Waals surface area contributed by atoms with E-state index >= 15 is 0 Å². The Morgan fingerprint density at radius 3 is 2.62 bits per heavy atom. The smallest absolute Gasteiger partial charge is 0.113 e. The van der Waals surface area contributed by atoms with E-state index in [1.54, 1.807) is 0 Å². The molecule has 3 nitrogen and oxygen atoms in total. The molecule has 0 radical (unpaired) electrons. The zero-order chi connectivity index (χ0) is 11.8. The number of aryl methyl sites for hydroxylation is 2. The van der Waals surface area contributed by atoms with Crippen molar-refractivity contribution in [2.45, 2.75) is 45.3 Å². The molecule has 0 aromatic carbocycles. The summed E-state index contributed by atoms with van der Waals surface area (Å²) in [6.45, 7) is 7.08. The number of ether oxygens (including phenoxy) is 1. The van der Waals surface area contributed by atoms with Gasteiger partial charge < -0.3 is 10.1 Å². The minimum Gasteiger partial charge on any atom is -0.378 e. The van der Waals surface area contributed by atoms with Gasteiger partial charge in [-0.3, -0.25) is 0 Å². The second kappa shape index (κ2) is 4.43. The Hall–Kier alpha value is -0.450. The zero-order valence-electron chi connectivity index (χ0n) is 10.5. The van der Waals surface area contributed by atoms with Crippen molar-refractivity contribution in [3.63, 3.8) is 0 Å². The van der Waals surface area contributed by atoms with E-state index < -0.39 is 0 Å². The predicted octanol–water partition coefficient (Wildman–Crippen LogP) is 2.37. The largest absolute Gasteiger partial charge is 0.378 e. The molecule has 0 atom stereocenters. The minimum atomic E-state index is 0.0729. The van der Waals surface area contributed by atoms with E-state index in [1.165, 1.54) is 9.88 Å². The van der Waals surface area contributed by atoms with Crippen LogP contribution < -0.4 is 5.32 Å². The average molecular weight is 240 g/mol. The lowest BCUT2D eigenvalue weighted by Gasteiger charge is -2.45. The summed E-state index contributed by atoms with van der Waals surface area (Å²) in [6, 6.07) is 0. The van der Waals surface area contributed by atoms with Crippen LogP contribution in [0.15, 0.2) is 0 Å². The van der Waals surface area contributed by atoms with E-state index in [1.807, 2.05) is 18.4 Å². The van der Waals surface area contributed by atoms with E-state index in [9.17, 15) is 0 Å². The van der Waals surface area contributed by atoms with Gasteiger partial charge in [0.2, 0.25) is 0 Å². The van der Waals surface area contributed by atoms with Crippen LogP contribution in [-0.2, 0) is 10.3 Å². The molecule has 0 bridgehead atoms. The first-order valence-electron chi connectivity index (χ1n) is 5.86. The lowest BCUT2D eigenvalue weighted by atomic mass is 9.74.